The maximum Gasteiger partial charge on any atom is 0.340 e. The Morgan fingerprint density at radius 3 is 2.30 bits per heavy atom. The van der Waals surface area contributed by atoms with Crippen LogP contribution in [0.5, 0.6) is 0 Å². The summed E-state index contributed by atoms with van der Waals surface area (Å²) in [4.78, 5) is 12.9. The molecule has 2 aromatic rings. The van der Waals surface area contributed by atoms with Crippen LogP contribution in [0.3, 0.4) is 0 Å². The minimum atomic E-state index is -3.33. The van der Waals surface area contributed by atoms with Crippen molar-refractivity contribution in [2.75, 3.05) is 6.26 Å². The molecule has 142 valence electrons. The molecule has 0 bridgehead atoms. The number of halogens is 1. The molecular weight excluding hydrogens is 367 g/mol. The fourth-order valence-electron chi connectivity index (χ4n) is 3.55. The second-order valence-corrected chi connectivity index (χ2v) is 8.94. The fourth-order valence-corrected chi connectivity index (χ4v) is 4.18. The van der Waals surface area contributed by atoms with E-state index < -0.39 is 27.2 Å². The lowest BCUT2D eigenvalue weighted by molar-refractivity contribution is -0.143. The van der Waals surface area contributed by atoms with Crippen molar-refractivity contribution in [2.45, 2.75) is 37.2 Å². The van der Waals surface area contributed by atoms with Crippen LogP contribution in [0.2, 0.25) is 0 Å². The molecule has 0 saturated heterocycles. The van der Waals surface area contributed by atoms with Gasteiger partial charge in [-0.15, -0.1) is 0 Å². The number of sulfone groups is 1. The van der Waals surface area contributed by atoms with Crippen molar-refractivity contribution in [1.29, 1.82) is 0 Å². The van der Waals surface area contributed by atoms with Crippen molar-refractivity contribution in [3.05, 3.63) is 65.5 Å². The molecule has 0 N–H and O–H groups in total. The van der Waals surface area contributed by atoms with Gasteiger partial charge in [0.15, 0.2) is 9.84 Å². The Morgan fingerprint density at radius 1 is 1.07 bits per heavy atom. The predicted octanol–water partition coefficient (Wildman–Crippen LogP) is 4.26. The van der Waals surface area contributed by atoms with E-state index in [1.165, 1.54) is 24.3 Å². The third-order valence-corrected chi connectivity index (χ3v) is 5.84. The van der Waals surface area contributed by atoms with E-state index in [9.17, 15) is 17.6 Å². The van der Waals surface area contributed by atoms with Crippen molar-refractivity contribution in [2.24, 2.45) is 0 Å². The summed E-state index contributed by atoms with van der Waals surface area (Å²) in [5, 5.41) is 0. The first-order valence-corrected chi connectivity index (χ1v) is 10.6. The van der Waals surface area contributed by atoms with Gasteiger partial charge in [0, 0.05) is 11.8 Å². The Kier molecular flexibility index (Phi) is 4.95. The molecule has 0 fully saturated rings. The van der Waals surface area contributed by atoms with E-state index >= 15 is 0 Å². The zero-order valence-electron chi connectivity index (χ0n) is 15.5. The molecule has 0 aliphatic carbocycles. The van der Waals surface area contributed by atoms with E-state index in [0.717, 1.165) is 12.7 Å². The number of rotatable bonds is 5. The van der Waals surface area contributed by atoms with Crippen LogP contribution in [0.1, 0.15) is 37.8 Å². The van der Waals surface area contributed by atoms with Crippen LogP contribution < -0.4 is 0 Å². The second kappa shape index (κ2) is 6.93. The number of cyclic esters (lactones) is 1. The minimum absolute atomic E-state index is 0.196. The molecular formula is C21H21FO4S. The summed E-state index contributed by atoms with van der Waals surface area (Å²) in [6.45, 7) is 3.82. The van der Waals surface area contributed by atoms with E-state index in [1.807, 2.05) is 13.8 Å². The number of carbonyl (C=O) groups excluding carboxylic acids is 1. The molecule has 1 heterocycles. The Morgan fingerprint density at radius 2 is 1.74 bits per heavy atom. The monoisotopic (exact) mass is 388 g/mol. The fraction of sp³-hybridized carbons (Fsp3) is 0.286. The van der Waals surface area contributed by atoms with Crippen molar-refractivity contribution in [3.63, 3.8) is 0 Å². The van der Waals surface area contributed by atoms with Gasteiger partial charge in [-0.3, -0.25) is 0 Å². The van der Waals surface area contributed by atoms with Gasteiger partial charge in [0.25, 0.3) is 0 Å². The zero-order chi connectivity index (χ0) is 19.8. The van der Waals surface area contributed by atoms with E-state index in [-0.39, 0.29) is 4.90 Å². The second-order valence-electron chi connectivity index (χ2n) is 6.93. The molecule has 1 unspecified atom stereocenters. The third-order valence-electron chi connectivity index (χ3n) is 4.71. The molecule has 1 aliphatic rings. The van der Waals surface area contributed by atoms with Gasteiger partial charge in [-0.2, -0.15) is 0 Å². The Balaban J connectivity index is 2.24. The molecule has 6 heteroatoms. The molecule has 0 amide bonds. The van der Waals surface area contributed by atoms with Crippen LogP contribution in [0.4, 0.5) is 4.39 Å². The largest absolute Gasteiger partial charge is 0.451 e. The smallest absolute Gasteiger partial charge is 0.340 e. The summed E-state index contributed by atoms with van der Waals surface area (Å²) in [6.07, 6.45) is 2.52. The first kappa shape index (κ1) is 19.3. The van der Waals surface area contributed by atoms with Crippen molar-refractivity contribution in [1.82, 2.24) is 0 Å². The van der Waals surface area contributed by atoms with Crippen molar-refractivity contribution in [3.8, 4) is 0 Å². The molecule has 4 nitrogen and oxygen atoms in total. The first-order chi connectivity index (χ1) is 12.7. The van der Waals surface area contributed by atoms with E-state index in [2.05, 4.69) is 0 Å². The molecule has 1 atom stereocenters. The van der Waals surface area contributed by atoms with E-state index in [0.29, 0.717) is 28.7 Å². The van der Waals surface area contributed by atoms with Crippen LogP contribution in [-0.4, -0.2) is 26.2 Å². The lowest BCUT2D eigenvalue weighted by Crippen LogP contribution is -2.27. The van der Waals surface area contributed by atoms with Crippen LogP contribution in [-0.2, 0) is 19.4 Å². The maximum atomic E-state index is 13.8. The van der Waals surface area contributed by atoms with Crippen molar-refractivity contribution >= 4 is 27.0 Å². The van der Waals surface area contributed by atoms with Crippen LogP contribution in [0.25, 0.3) is 11.1 Å². The van der Waals surface area contributed by atoms with Crippen molar-refractivity contribution < 1.29 is 22.3 Å². The summed E-state index contributed by atoms with van der Waals surface area (Å²) in [7, 11) is -3.33. The number of benzene rings is 2. The first-order valence-electron chi connectivity index (χ1n) is 8.70. The van der Waals surface area contributed by atoms with E-state index in [1.54, 1.807) is 24.3 Å². The summed E-state index contributed by atoms with van der Waals surface area (Å²) < 4.78 is 42.9. The predicted molar refractivity (Wildman–Crippen MR) is 102 cm³/mol. The normalized spacial score (nSPS) is 20.1. The third kappa shape index (κ3) is 3.67. The van der Waals surface area contributed by atoms with Crippen LogP contribution in [0.15, 0.2) is 53.4 Å². The number of hydrogen-bond acceptors (Lipinski definition) is 4. The summed E-state index contributed by atoms with van der Waals surface area (Å²) in [5.74, 6) is -0.942. The van der Waals surface area contributed by atoms with Gasteiger partial charge in [-0.25, -0.2) is 17.6 Å². The molecule has 0 aromatic heterocycles. The SMILES string of the molecule is CCCC1(C)OC(=O)C(c2cccc(F)c2)=C1c1ccc(S(C)(=O)=O)cc1. The molecule has 3 rings (SSSR count). The molecule has 0 saturated carbocycles. The van der Waals surface area contributed by atoms with Crippen LogP contribution >= 0.6 is 0 Å². The quantitative estimate of drug-likeness (QED) is 0.718. The van der Waals surface area contributed by atoms with Gasteiger partial charge in [-0.05, 0) is 48.7 Å². The number of hydrogen-bond donors (Lipinski definition) is 0. The molecule has 1 aliphatic heterocycles. The van der Waals surface area contributed by atoms with Gasteiger partial charge in [0.05, 0.1) is 10.5 Å². The topological polar surface area (TPSA) is 60.4 Å². The summed E-state index contributed by atoms with van der Waals surface area (Å²) in [5.41, 5.74) is 1.24. The van der Waals surface area contributed by atoms with Gasteiger partial charge < -0.3 is 4.74 Å². The summed E-state index contributed by atoms with van der Waals surface area (Å²) in [6, 6.07) is 12.2. The number of ether oxygens (including phenoxy) is 1. The lowest BCUT2D eigenvalue weighted by atomic mass is 9.83. The molecule has 2 aromatic carbocycles. The molecule has 27 heavy (non-hydrogen) atoms. The Hall–Kier alpha value is -2.47. The van der Waals surface area contributed by atoms with Crippen LogP contribution in [0, 0.1) is 5.82 Å². The van der Waals surface area contributed by atoms with Gasteiger partial charge in [0.2, 0.25) is 0 Å². The molecule has 0 radical (unpaired) electrons. The average Bonchev–Trinajstić information content (AvgIpc) is 2.85. The lowest BCUT2D eigenvalue weighted by Gasteiger charge is -2.26. The highest BCUT2D eigenvalue weighted by Crippen LogP contribution is 2.46. The van der Waals surface area contributed by atoms with Gasteiger partial charge in [-0.1, -0.05) is 37.6 Å². The average molecular weight is 388 g/mol. The number of esters is 1. The Bertz CT molecular complexity index is 1020. The minimum Gasteiger partial charge on any atom is -0.451 e. The number of carbonyl (C=O) groups is 1. The standard InChI is InChI=1S/C21H21FO4S/c1-4-12-21(2)19(14-8-10-17(11-9-14)27(3,24)25)18(20(23)26-21)15-6-5-7-16(22)13-15/h5-11,13H,4,12H2,1-3H3. The highest BCUT2D eigenvalue weighted by atomic mass is 32.2. The van der Waals surface area contributed by atoms with Gasteiger partial charge >= 0.3 is 5.97 Å². The summed E-state index contributed by atoms with van der Waals surface area (Å²) >= 11 is 0. The zero-order valence-corrected chi connectivity index (χ0v) is 16.3. The Labute approximate surface area is 158 Å². The maximum absolute atomic E-state index is 13.8. The highest BCUT2D eigenvalue weighted by Gasteiger charge is 2.44. The molecule has 0 spiro atoms. The van der Waals surface area contributed by atoms with Gasteiger partial charge in [0.1, 0.15) is 11.4 Å². The highest BCUT2D eigenvalue weighted by molar-refractivity contribution is 7.90. The van der Waals surface area contributed by atoms with E-state index in [4.69, 9.17) is 4.74 Å².